The van der Waals surface area contributed by atoms with Crippen LogP contribution in [0, 0.1) is 0 Å². The first-order valence-corrected chi connectivity index (χ1v) is 11.6. The summed E-state index contributed by atoms with van der Waals surface area (Å²) >= 11 is 0. The fourth-order valence-corrected chi connectivity index (χ4v) is 3.93. The lowest BCUT2D eigenvalue weighted by Gasteiger charge is -2.06. The molecule has 10 heteroatoms. The quantitative estimate of drug-likeness (QED) is 0.304. The van der Waals surface area contributed by atoms with Crippen LogP contribution in [-0.2, 0) is 6.54 Å². The maximum absolute atomic E-state index is 12.7. The van der Waals surface area contributed by atoms with Gasteiger partial charge < -0.3 is 24.0 Å². The van der Waals surface area contributed by atoms with Gasteiger partial charge in [0.2, 0.25) is 11.7 Å². The molecule has 0 aliphatic heterocycles. The minimum absolute atomic E-state index is 0.291. The third kappa shape index (κ3) is 4.78. The van der Waals surface area contributed by atoms with Crippen molar-refractivity contribution in [3.05, 3.63) is 117 Å². The lowest BCUT2D eigenvalue weighted by atomic mass is 10.1. The molecule has 0 saturated carbocycles. The summed E-state index contributed by atoms with van der Waals surface area (Å²) in [7, 11) is 0. The molecule has 0 bridgehead atoms. The predicted octanol–water partition coefficient (Wildman–Crippen LogP) is 4.81. The summed E-state index contributed by atoms with van der Waals surface area (Å²) in [6, 6.07) is 23.3. The minimum atomic E-state index is -0.429. The number of rotatable bonds is 6. The molecule has 1 amide bonds. The van der Waals surface area contributed by atoms with Gasteiger partial charge in [-0.1, -0.05) is 17.3 Å². The van der Waals surface area contributed by atoms with Gasteiger partial charge in [-0.3, -0.25) is 4.79 Å². The zero-order valence-electron chi connectivity index (χ0n) is 19.6. The molecule has 0 unspecified atom stereocenters. The lowest BCUT2D eigenvalue weighted by Crippen LogP contribution is -2.11. The van der Waals surface area contributed by atoms with E-state index in [1.807, 2.05) is 6.07 Å². The van der Waals surface area contributed by atoms with Crippen LogP contribution in [0.2, 0.25) is 0 Å². The summed E-state index contributed by atoms with van der Waals surface area (Å²) in [6.07, 6.45) is 0. The third-order valence-corrected chi connectivity index (χ3v) is 5.81. The second-order valence-electron chi connectivity index (χ2n) is 8.41. The average Bonchev–Trinajstić information content (AvgIpc) is 3.41. The zero-order chi connectivity index (χ0) is 26.1. The number of hydrogen-bond donors (Lipinski definition) is 2. The molecule has 0 atom stereocenters. The van der Waals surface area contributed by atoms with E-state index >= 15 is 0 Å². The van der Waals surface area contributed by atoms with Crippen molar-refractivity contribution < 1.29 is 18.2 Å². The van der Waals surface area contributed by atoms with E-state index in [2.05, 4.69) is 20.8 Å². The van der Waals surface area contributed by atoms with E-state index in [-0.39, 0.29) is 5.91 Å². The number of amides is 1. The Kier molecular flexibility index (Phi) is 5.74. The highest BCUT2D eigenvalue weighted by atomic mass is 16.5. The first-order valence-electron chi connectivity index (χ1n) is 11.6. The third-order valence-electron chi connectivity index (χ3n) is 5.81. The van der Waals surface area contributed by atoms with Crippen LogP contribution in [0.25, 0.3) is 33.3 Å². The van der Waals surface area contributed by atoms with Crippen molar-refractivity contribution in [3.8, 4) is 11.4 Å². The normalized spacial score (nSPS) is 11.1. The Morgan fingerprint density at radius 1 is 0.737 bits per heavy atom. The van der Waals surface area contributed by atoms with Crippen molar-refractivity contribution in [2.45, 2.75) is 6.54 Å². The topological polar surface area (TPSA) is 140 Å². The Morgan fingerprint density at radius 2 is 1.37 bits per heavy atom. The van der Waals surface area contributed by atoms with Crippen LogP contribution in [0.5, 0.6) is 0 Å². The molecule has 3 heterocycles. The summed E-state index contributed by atoms with van der Waals surface area (Å²) in [5.74, 6) is 0.486. The van der Waals surface area contributed by atoms with E-state index in [9.17, 15) is 14.4 Å². The minimum Gasteiger partial charge on any atom is -0.423 e. The number of fused-ring (bicyclic) bond motifs is 2. The van der Waals surface area contributed by atoms with Gasteiger partial charge in [0.05, 0.1) is 6.54 Å². The molecule has 0 saturated heterocycles. The molecule has 10 nitrogen and oxygen atoms in total. The Balaban J connectivity index is 1.10. The first kappa shape index (κ1) is 22.9. The largest absolute Gasteiger partial charge is 0.423 e. The van der Waals surface area contributed by atoms with E-state index in [1.165, 1.54) is 12.1 Å². The van der Waals surface area contributed by atoms with Crippen molar-refractivity contribution >= 4 is 39.2 Å². The molecular weight excluding hydrogens is 488 g/mol. The van der Waals surface area contributed by atoms with E-state index in [0.29, 0.717) is 51.6 Å². The fourth-order valence-electron chi connectivity index (χ4n) is 3.93. The molecule has 2 N–H and O–H groups in total. The van der Waals surface area contributed by atoms with Crippen LogP contribution >= 0.6 is 0 Å². The number of carbonyl (C=O) groups excluding carboxylic acids is 1. The van der Waals surface area contributed by atoms with Crippen molar-refractivity contribution in [2.75, 3.05) is 10.6 Å². The molecule has 6 aromatic rings. The van der Waals surface area contributed by atoms with E-state index in [0.717, 1.165) is 11.1 Å². The molecule has 186 valence electrons. The van der Waals surface area contributed by atoms with E-state index in [1.54, 1.807) is 66.7 Å². The second kappa shape index (κ2) is 9.51. The summed E-state index contributed by atoms with van der Waals surface area (Å²) in [6.45, 7) is 0.297. The van der Waals surface area contributed by atoms with Gasteiger partial charge in [0.25, 0.3) is 5.91 Å². The predicted molar refractivity (Wildman–Crippen MR) is 140 cm³/mol. The van der Waals surface area contributed by atoms with Crippen molar-refractivity contribution in [1.82, 2.24) is 10.1 Å². The van der Waals surface area contributed by atoms with Crippen molar-refractivity contribution in [2.24, 2.45) is 0 Å². The van der Waals surface area contributed by atoms with Gasteiger partial charge in [0.15, 0.2) is 0 Å². The van der Waals surface area contributed by atoms with Crippen molar-refractivity contribution in [3.63, 3.8) is 0 Å². The maximum atomic E-state index is 12.7. The summed E-state index contributed by atoms with van der Waals surface area (Å²) in [5.41, 5.74) is 2.65. The molecule has 0 aliphatic rings. The monoisotopic (exact) mass is 506 g/mol. The van der Waals surface area contributed by atoms with Gasteiger partial charge in [-0.05, 0) is 60.7 Å². The summed E-state index contributed by atoms with van der Waals surface area (Å²) in [5, 5.41) is 11.6. The van der Waals surface area contributed by atoms with Crippen LogP contribution in [0.15, 0.2) is 108 Å². The Morgan fingerprint density at radius 3 is 2.05 bits per heavy atom. The van der Waals surface area contributed by atoms with Crippen LogP contribution in [-0.4, -0.2) is 16.0 Å². The number of carbonyl (C=O) groups is 1. The van der Waals surface area contributed by atoms with Crippen LogP contribution in [0.3, 0.4) is 0 Å². The van der Waals surface area contributed by atoms with E-state index in [4.69, 9.17) is 13.4 Å². The molecule has 3 aromatic heterocycles. The average molecular weight is 506 g/mol. The molecule has 0 spiro atoms. The Hall–Kier alpha value is -5.51. The summed E-state index contributed by atoms with van der Waals surface area (Å²) < 4.78 is 15.6. The smallest absolute Gasteiger partial charge is 0.336 e. The number of nitrogens with zero attached hydrogens (tertiary/aromatic N) is 2. The number of anilines is 2. The Bertz CT molecular complexity index is 1920. The number of benzene rings is 3. The highest BCUT2D eigenvalue weighted by Crippen LogP contribution is 2.21. The van der Waals surface area contributed by atoms with Crippen LogP contribution in [0.1, 0.15) is 16.2 Å². The molecule has 3 aromatic carbocycles. The first-order chi connectivity index (χ1) is 18.5. The second-order valence-corrected chi connectivity index (χ2v) is 8.41. The highest BCUT2D eigenvalue weighted by Gasteiger charge is 2.12. The highest BCUT2D eigenvalue weighted by molar-refractivity contribution is 6.05. The number of aromatic nitrogens is 2. The van der Waals surface area contributed by atoms with Crippen LogP contribution < -0.4 is 21.9 Å². The van der Waals surface area contributed by atoms with Gasteiger partial charge in [0, 0.05) is 45.4 Å². The van der Waals surface area contributed by atoms with Gasteiger partial charge in [-0.15, -0.1) is 0 Å². The number of nitrogens with one attached hydrogen (secondary N) is 2. The SMILES string of the molecule is O=C(Nc1ccc2oc(=O)ccc2c1)c1ccc(-c2noc(CNc3ccc4oc(=O)ccc4c3)n2)cc1. The molecule has 0 radical (unpaired) electrons. The molecule has 0 aliphatic carbocycles. The number of hydrogen-bond acceptors (Lipinski definition) is 9. The van der Waals surface area contributed by atoms with Gasteiger partial charge >= 0.3 is 11.3 Å². The van der Waals surface area contributed by atoms with Gasteiger partial charge in [-0.2, -0.15) is 4.98 Å². The molecular formula is C28H18N4O6. The maximum Gasteiger partial charge on any atom is 0.336 e. The van der Waals surface area contributed by atoms with Gasteiger partial charge in [-0.25, -0.2) is 9.59 Å². The van der Waals surface area contributed by atoms with Crippen LogP contribution in [0.4, 0.5) is 11.4 Å². The molecule has 0 fully saturated rings. The Labute approximate surface area is 213 Å². The standard InChI is InChI=1S/C28H18N4O6/c33-25-11-5-18-13-20(7-9-22(18)36-25)29-15-24-31-27(32-38-24)16-1-3-17(4-2-16)28(35)30-21-8-10-23-19(14-21)6-12-26(34)37-23/h1-14,29H,15H2,(H,30,35). The lowest BCUT2D eigenvalue weighted by molar-refractivity contribution is 0.102. The molecule has 38 heavy (non-hydrogen) atoms. The van der Waals surface area contributed by atoms with Crippen molar-refractivity contribution in [1.29, 1.82) is 0 Å². The van der Waals surface area contributed by atoms with E-state index < -0.39 is 11.3 Å². The zero-order valence-corrected chi connectivity index (χ0v) is 19.6. The summed E-state index contributed by atoms with van der Waals surface area (Å²) in [4.78, 5) is 39.8. The molecule has 6 rings (SSSR count). The van der Waals surface area contributed by atoms with Gasteiger partial charge in [0.1, 0.15) is 11.2 Å². The fraction of sp³-hybridized carbons (Fsp3) is 0.0357.